The smallest absolute Gasteiger partial charge is 0.358 e. The fraction of sp³-hybridized carbons (Fsp3) is 0.250. The minimum atomic E-state index is -1.10. The van der Waals surface area contributed by atoms with Crippen LogP contribution in [0.1, 0.15) is 16.2 Å². The lowest BCUT2D eigenvalue weighted by molar-refractivity contribution is 0.0685. The fourth-order valence-corrected chi connectivity index (χ4v) is 1.78. The van der Waals surface area contributed by atoms with Gasteiger partial charge in [0.1, 0.15) is 12.1 Å². The van der Waals surface area contributed by atoms with Crippen molar-refractivity contribution in [1.82, 2.24) is 19.9 Å². The summed E-state index contributed by atoms with van der Waals surface area (Å²) in [6.45, 7) is 0. The normalized spacial score (nSPS) is 10.6. The van der Waals surface area contributed by atoms with Crippen LogP contribution in [0.2, 0.25) is 0 Å². The van der Waals surface area contributed by atoms with Crippen LogP contribution in [0.25, 0.3) is 0 Å². The van der Waals surface area contributed by atoms with Crippen LogP contribution in [0.5, 0.6) is 0 Å². The van der Waals surface area contributed by atoms with E-state index in [0.717, 1.165) is 5.16 Å². The average Bonchev–Trinajstić information content (AvgIpc) is 2.83. The van der Waals surface area contributed by atoms with Crippen LogP contribution in [0.3, 0.4) is 0 Å². The van der Waals surface area contributed by atoms with Gasteiger partial charge in [-0.3, -0.25) is 0 Å². The summed E-state index contributed by atoms with van der Waals surface area (Å²) in [4.78, 5) is 10.5. The molecule has 0 aliphatic carbocycles. The van der Waals surface area contributed by atoms with Crippen molar-refractivity contribution in [3.05, 3.63) is 23.8 Å². The predicted octanol–water partition coefficient (Wildman–Crippen LogP) is 0.794. The molecule has 2 heterocycles. The van der Waals surface area contributed by atoms with Gasteiger partial charge < -0.3 is 14.2 Å². The van der Waals surface area contributed by atoms with Gasteiger partial charge in [0, 0.05) is 13.1 Å². The first-order chi connectivity index (χ1) is 7.66. The standard InChI is InChI=1S/C8H8N4O3S/c1-12-4-9-10-8(12)16-3-5-2-6(7(13)14)11-15-5/h2,4H,3H2,1H3,(H,13,14). The Bertz CT molecular complexity index is 507. The van der Waals surface area contributed by atoms with Crippen LogP contribution < -0.4 is 0 Å². The van der Waals surface area contributed by atoms with Crippen molar-refractivity contribution in [1.29, 1.82) is 0 Å². The molecule has 2 aromatic rings. The lowest BCUT2D eigenvalue weighted by Crippen LogP contribution is -1.94. The summed E-state index contributed by atoms with van der Waals surface area (Å²) in [6.07, 6.45) is 1.59. The predicted molar refractivity (Wildman–Crippen MR) is 54.0 cm³/mol. The molecule has 84 valence electrons. The van der Waals surface area contributed by atoms with Gasteiger partial charge in [0.25, 0.3) is 0 Å². The number of hydrogen-bond donors (Lipinski definition) is 1. The van der Waals surface area contributed by atoms with Gasteiger partial charge in [-0.2, -0.15) is 0 Å². The van der Waals surface area contributed by atoms with Crippen molar-refractivity contribution >= 4 is 17.7 Å². The summed E-state index contributed by atoms with van der Waals surface area (Å²) in [5, 5.41) is 20.4. The molecule has 0 radical (unpaired) electrons. The van der Waals surface area contributed by atoms with E-state index < -0.39 is 5.97 Å². The maximum atomic E-state index is 10.5. The Morgan fingerprint density at radius 1 is 1.69 bits per heavy atom. The summed E-state index contributed by atoms with van der Waals surface area (Å²) in [7, 11) is 1.82. The first-order valence-corrected chi connectivity index (χ1v) is 5.31. The quantitative estimate of drug-likeness (QED) is 0.789. The second-order valence-electron chi connectivity index (χ2n) is 3.00. The molecule has 0 aromatic carbocycles. The average molecular weight is 240 g/mol. The van der Waals surface area contributed by atoms with Gasteiger partial charge in [0.05, 0.1) is 5.75 Å². The monoisotopic (exact) mass is 240 g/mol. The van der Waals surface area contributed by atoms with Crippen LogP contribution in [-0.4, -0.2) is 31.0 Å². The zero-order chi connectivity index (χ0) is 11.5. The summed E-state index contributed by atoms with van der Waals surface area (Å²) < 4.78 is 6.62. The van der Waals surface area contributed by atoms with Crippen LogP contribution in [0, 0.1) is 0 Å². The van der Waals surface area contributed by atoms with Crippen LogP contribution in [0.15, 0.2) is 22.1 Å². The number of aromatic carboxylic acids is 1. The first-order valence-electron chi connectivity index (χ1n) is 4.32. The molecule has 0 aliphatic heterocycles. The third-order valence-electron chi connectivity index (χ3n) is 1.79. The Morgan fingerprint density at radius 2 is 2.50 bits per heavy atom. The van der Waals surface area contributed by atoms with Crippen molar-refractivity contribution in [3.8, 4) is 0 Å². The van der Waals surface area contributed by atoms with Crippen molar-refractivity contribution in [2.24, 2.45) is 7.05 Å². The third-order valence-corrected chi connectivity index (χ3v) is 2.85. The highest BCUT2D eigenvalue weighted by atomic mass is 32.2. The van der Waals surface area contributed by atoms with Crippen molar-refractivity contribution < 1.29 is 14.4 Å². The molecule has 0 aliphatic rings. The van der Waals surface area contributed by atoms with Crippen molar-refractivity contribution in [2.45, 2.75) is 10.9 Å². The van der Waals surface area contributed by atoms with Gasteiger partial charge in [-0.1, -0.05) is 16.9 Å². The molecule has 0 unspecified atom stereocenters. The molecule has 0 spiro atoms. The molecule has 2 aromatic heterocycles. The zero-order valence-corrected chi connectivity index (χ0v) is 9.14. The summed E-state index contributed by atoms with van der Waals surface area (Å²) in [5.41, 5.74) is -0.0893. The fourth-order valence-electron chi connectivity index (χ4n) is 1.02. The largest absolute Gasteiger partial charge is 0.476 e. The van der Waals surface area contributed by atoms with Gasteiger partial charge in [0.2, 0.25) is 0 Å². The molecule has 0 amide bonds. The number of carbonyl (C=O) groups is 1. The Labute approximate surface area is 94.5 Å². The SMILES string of the molecule is Cn1cnnc1SCc1cc(C(=O)O)no1. The molecular formula is C8H8N4O3S. The molecule has 0 saturated carbocycles. The summed E-state index contributed by atoms with van der Waals surface area (Å²) >= 11 is 1.39. The Hall–Kier alpha value is -1.83. The zero-order valence-electron chi connectivity index (χ0n) is 8.32. The number of hydrogen-bond acceptors (Lipinski definition) is 6. The first kappa shape index (κ1) is 10.7. The summed E-state index contributed by atoms with van der Waals surface area (Å²) in [5.74, 6) is -0.142. The van der Waals surface area contributed by atoms with E-state index in [1.165, 1.54) is 17.8 Å². The molecule has 0 bridgehead atoms. The van der Waals surface area contributed by atoms with Crippen LogP contribution >= 0.6 is 11.8 Å². The molecule has 2 rings (SSSR count). The Kier molecular flexibility index (Phi) is 2.91. The highest BCUT2D eigenvalue weighted by molar-refractivity contribution is 7.98. The lowest BCUT2D eigenvalue weighted by Gasteiger charge is -1.95. The van der Waals surface area contributed by atoms with E-state index >= 15 is 0 Å². The van der Waals surface area contributed by atoms with E-state index in [1.807, 2.05) is 7.05 Å². The van der Waals surface area contributed by atoms with Crippen molar-refractivity contribution in [2.75, 3.05) is 0 Å². The number of rotatable bonds is 4. The number of aromatic nitrogens is 4. The van der Waals surface area contributed by atoms with E-state index in [1.54, 1.807) is 10.9 Å². The molecule has 0 saturated heterocycles. The molecule has 1 N–H and O–H groups in total. The van der Waals surface area contributed by atoms with E-state index in [9.17, 15) is 4.79 Å². The molecule has 16 heavy (non-hydrogen) atoms. The maximum Gasteiger partial charge on any atom is 0.358 e. The molecule has 8 heteroatoms. The van der Waals surface area contributed by atoms with Gasteiger partial charge in [-0.15, -0.1) is 10.2 Å². The van der Waals surface area contributed by atoms with Crippen LogP contribution in [-0.2, 0) is 12.8 Å². The van der Waals surface area contributed by atoms with Gasteiger partial charge in [-0.05, 0) is 0 Å². The van der Waals surface area contributed by atoms with E-state index in [2.05, 4.69) is 15.4 Å². The highest BCUT2D eigenvalue weighted by Crippen LogP contribution is 2.20. The number of carboxylic acids is 1. The summed E-state index contributed by atoms with van der Waals surface area (Å²) in [6, 6.07) is 1.39. The van der Waals surface area contributed by atoms with Gasteiger partial charge in [-0.25, -0.2) is 4.79 Å². The molecule has 0 fully saturated rings. The van der Waals surface area contributed by atoms with Gasteiger partial charge in [0.15, 0.2) is 10.9 Å². The molecule has 7 nitrogen and oxygen atoms in total. The van der Waals surface area contributed by atoms with Gasteiger partial charge >= 0.3 is 5.97 Å². The minimum absolute atomic E-state index is 0.0893. The number of aryl methyl sites for hydroxylation is 1. The minimum Gasteiger partial charge on any atom is -0.476 e. The highest BCUT2D eigenvalue weighted by Gasteiger charge is 2.11. The Balaban J connectivity index is 2.00. The number of thioether (sulfide) groups is 1. The van der Waals surface area contributed by atoms with E-state index in [0.29, 0.717) is 11.5 Å². The topological polar surface area (TPSA) is 94.0 Å². The van der Waals surface area contributed by atoms with E-state index in [-0.39, 0.29) is 5.69 Å². The second-order valence-corrected chi connectivity index (χ2v) is 3.94. The molecule has 0 atom stereocenters. The lowest BCUT2D eigenvalue weighted by atomic mass is 10.4. The van der Waals surface area contributed by atoms with E-state index in [4.69, 9.17) is 9.63 Å². The number of carboxylic acid groups (broad SMARTS) is 1. The second kappa shape index (κ2) is 4.35. The van der Waals surface area contributed by atoms with Crippen LogP contribution in [0.4, 0.5) is 0 Å². The molecular weight excluding hydrogens is 232 g/mol. The van der Waals surface area contributed by atoms with Crippen molar-refractivity contribution in [3.63, 3.8) is 0 Å². The number of nitrogens with zero attached hydrogens (tertiary/aromatic N) is 4. The Morgan fingerprint density at radius 3 is 3.06 bits per heavy atom. The third kappa shape index (κ3) is 2.22. The maximum absolute atomic E-state index is 10.5.